The molecule has 1 aliphatic heterocycles. The third kappa shape index (κ3) is 2.81. The Morgan fingerprint density at radius 2 is 2.15 bits per heavy atom. The first-order chi connectivity index (χ1) is 12.5. The van der Waals surface area contributed by atoms with Crippen LogP contribution in [0.1, 0.15) is 5.56 Å². The number of halogens is 1. The zero-order valence-electron chi connectivity index (χ0n) is 13.8. The molecule has 2 heterocycles. The van der Waals surface area contributed by atoms with E-state index in [1.807, 2.05) is 12.1 Å². The van der Waals surface area contributed by atoms with Gasteiger partial charge in [-0.1, -0.05) is 0 Å². The highest BCUT2D eigenvalue weighted by Gasteiger charge is 2.16. The van der Waals surface area contributed by atoms with Crippen molar-refractivity contribution in [1.29, 1.82) is 0 Å². The minimum absolute atomic E-state index is 0.184. The molecule has 2 aromatic carbocycles. The number of benzene rings is 2. The average Bonchev–Trinajstić information content (AvgIpc) is 2.99. The van der Waals surface area contributed by atoms with Crippen molar-refractivity contribution < 1.29 is 19.0 Å². The molecule has 1 aromatic heterocycles. The van der Waals surface area contributed by atoms with Crippen molar-refractivity contribution in [3.63, 3.8) is 0 Å². The smallest absolute Gasteiger partial charge is 0.325 e. The molecular formula is C18H15FN4O3. The van der Waals surface area contributed by atoms with Crippen LogP contribution in [0.3, 0.4) is 0 Å². The second kappa shape index (κ2) is 6.07. The molecule has 0 unspecified atom stereocenters. The van der Waals surface area contributed by atoms with Gasteiger partial charge in [0.25, 0.3) is 0 Å². The van der Waals surface area contributed by atoms with Gasteiger partial charge < -0.3 is 20.5 Å². The number of hydrogen-bond acceptors (Lipinski definition) is 5. The fourth-order valence-electron chi connectivity index (χ4n) is 2.89. The summed E-state index contributed by atoms with van der Waals surface area (Å²) >= 11 is 0. The summed E-state index contributed by atoms with van der Waals surface area (Å²) in [5.74, 6) is -1.21. The summed E-state index contributed by atoms with van der Waals surface area (Å²) in [6.07, 6.45) is 3.43. The summed E-state index contributed by atoms with van der Waals surface area (Å²) in [6.45, 7) is -0.200. The van der Waals surface area contributed by atoms with Gasteiger partial charge in [-0.2, -0.15) is 5.10 Å². The van der Waals surface area contributed by atoms with E-state index < -0.39 is 11.8 Å². The Labute approximate surface area is 147 Å². The van der Waals surface area contributed by atoms with Crippen LogP contribution in [0.5, 0.6) is 5.75 Å². The Bertz CT molecular complexity index is 1060. The first kappa shape index (κ1) is 15.9. The van der Waals surface area contributed by atoms with Gasteiger partial charge in [0, 0.05) is 23.3 Å². The Morgan fingerprint density at radius 1 is 1.31 bits per heavy atom. The van der Waals surface area contributed by atoms with Crippen molar-refractivity contribution in [2.24, 2.45) is 0 Å². The number of methoxy groups -OCH3 is 1. The number of fused-ring (bicyclic) bond motifs is 2. The van der Waals surface area contributed by atoms with E-state index in [0.717, 1.165) is 16.8 Å². The second-order valence-corrected chi connectivity index (χ2v) is 5.85. The van der Waals surface area contributed by atoms with Crippen LogP contribution < -0.4 is 15.4 Å². The number of carboxylic acid groups (broad SMARTS) is 1. The third-order valence-electron chi connectivity index (χ3n) is 4.09. The summed E-state index contributed by atoms with van der Waals surface area (Å²) < 4.78 is 20.3. The third-order valence-corrected chi connectivity index (χ3v) is 4.09. The van der Waals surface area contributed by atoms with Gasteiger partial charge in [-0.25, -0.2) is 4.39 Å². The molecule has 26 heavy (non-hydrogen) atoms. The predicted molar refractivity (Wildman–Crippen MR) is 95.5 cm³/mol. The number of rotatable bonds is 4. The second-order valence-electron chi connectivity index (χ2n) is 5.85. The van der Waals surface area contributed by atoms with Crippen molar-refractivity contribution in [3.05, 3.63) is 54.1 Å². The molecule has 0 spiro atoms. The van der Waals surface area contributed by atoms with Crippen LogP contribution in [0.25, 0.3) is 16.6 Å². The Morgan fingerprint density at radius 3 is 2.88 bits per heavy atom. The van der Waals surface area contributed by atoms with E-state index in [2.05, 4.69) is 15.7 Å². The van der Waals surface area contributed by atoms with Gasteiger partial charge in [-0.05, 0) is 30.3 Å². The molecule has 3 aromatic rings. The molecular weight excluding hydrogens is 339 g/mol. The number of nitrogens with zero attached hydrogens (tertiary/aromatic N) is 2. The SMILES string of the molecule is COc1ccc(C2=CNc3cc4cn(CC(=O)O)nc4cc3N2)cc1F. The van der Waals surface area contributed by atoms with E-state index >= 15 is 0 Å². The molecule has 4 rings (SSSR count). The molecule has 132 valence electrons. The lowest BCUT2D eigenvalue weighted by Crippen LogP contribution is -2.09. The summed E-state index contributed by atoms with van der Waals surface area (Å²) in [6, 6.07) is 8.42. The maximum atomic E-state index is 14.0. The lowest BCUT2D eigenvalue weighted by Gasteiger charge is -2.21. The molecule has 3 N–H and O–H groups in total. The molecule has 0 saturated heterocycles. The van der Waals surface area contributed by atoms with E-state index in [1.54, 1.807) is 24.5 Å². The summed E-state index contributed by atoms with van der Waals surface area (Å²) in [5.41, 5.74) is 3.62. The van der Waals surface area contributed by atoms with Gasteiger partial charge in [0.05, 0.1) is 29.7 Å². The number of carboxylic acids is 1. The number of aliphatic carboxylic acids is 1. The average molecular weight is 354 g/mol. The largest absolute Gasteiger partial charge is 0.494 e. The van der Waals surface area contributed by atoms with Crippen molar-refractivity contribution >= 4 is 33.9 Å². The van der Waals surface area contributed by atoms with Crippen molar-refractivity contribution in [2.75, 3.05) is 17.7 Å². The Hall–Kier alpha value is -3.55. The van der Waals surface area contributed by atoms with Crippen LogP contribution in [0.15, 0.2) is 42.7 Å². The van der Waals surface area contributed by atoms with Crippen LogP contribution in [0, 0.1) is 5.82 Å². The lowest BCUT2D eigenvalue weighted by atomic mass is 10.1. The molecule has 0 atom stereocenters. The standard InChI is InChI=1S/C18H15FN4O3/c1-26-17-3-2-10(4-12(17)19)16-7-20-14-5-11-8-23(9-18(24)25)22-13(11)6-15(14)21-16/h2-8,20-21H,9H2,1H3,(H,24,25). The van der Waals surface area contributed by atoms with Gasteiger partial charge in [0.2, 0.25) is 0 Å². The molecule has 1 aliphatic rings. The fourth-order valence-corrected chi connectivity index (χ4v) is 2.89. The summed E-state index contributed by atoms with van der Waals surface area (Å²) in [5, 5.41) is 20.4. The monoisotopic (exact) mass is 354 g/mol. The maximum absolute atomic E-state index is 14.0. The van der Waals surface area contributed by atoms with E-state index in [-0.39, 0.29) is 12.3 Å². The highest BCUT2D eigenvalue weighted by atomic mass is 19.1. The number of hydrogen-bond donors (Lipinski definition) is 3. The maximum Gasteiger partial charge on any atom is 0.325 e. The highest BCUT2D eigenvalue weighted by molar-refractivity contribution is 5.96. The van der Waals surface area contributed by atoms with Gasteiger partial charge in [-0.3, -0.25) is 9.48 Å². The summed E-state index contributed by atoms with van der Waals surface area (Å²) in [7, 11) is 1.42. The minimum Gasteiger partial charge on any atom is -0.494 e. The number of aromatic nitrogens is 2. The molecule has 0 radical (unpaired) electrons. The number of carbonyl (C=O) groups is 1. The molecule has 8 heteroatoms. The van der Waals surface area contributed by atoms with Crippen molar-refractivity contribution in [1.82, 2.24) is 9.78 Å². The number of anilines is 2. The van der Waals surface area contributed by atoms with E-state index in [4.69, 9.17) is 9.84 Å². The lowest BCUT2D eigenvalue weighted by molar-refractivity contribution is -0.137. The van der Waals surface area contributed by atoms with Crippen LogP contribution in [-0.2, 0) is 11.3 Å². The van der Waals surface area contributed by atoms with Gasteiger partial charge in [-0.15, -0.1) is 0 Å². The first-order valence-corrected chi connectivity index (χ1v) is 7.84. The van der Waals surface area contributed by atoms with E-state index in [0.29, 0.717) is 16.8 Å². The predicted octanol–water partition coefficient (Wildman–Crippen LogP) is 3.10. The topological polar surface area (TPSA) is 88.4 Å². The number of ether oxygens (including phenoxy) is 1. The molecule has 0 fully saturated rings. The summed E-state index contributed by atoms with van der Waals surface area (Å²) in [4.78, 5) is 10.8. The van der Waals surface area contributed by atoms with Crippen LogP contribution in [0.4, 0.5) is 15.8 Å². The van der Waals surface area contributed by atoms with Crippen molar-refractivity contribution in [2.45, 2.75) is 6.54 Å². The fraction of sp³-hybridized carbons (Fsp3) is 0.111. The minimum atomic E-state index is -0.954. The van der Waals surface area contributed by atoms with Crippen LogP contribution in [0.2, 0.25) is 0 Å². The van der Waals surface area contributed by atoms with Crippen molar-refractivity contribution in [3.8, 4) is 5.75 Å². The van der Waals surface area contributed by atoms with Gasteiger partial charge >= 0.3 is 5.97 Å². The normalized spacial score (nSPS) is 12.8. The Balaban J connectivity index is 1.65. The zero-order chi connectivity index (χ0) is 18.3. The molecule has 0 saturated carbocycles. The first-order valence-electron chi connectivity index (χ1n) is 7.84. The quantitative estimate of drug-likeness (QED) is 0.667. The molecule has 0 amide bonds. The van der Waals surface area contributed by atoms with Crippen LogP contribution in [-0.4, -0.2) is 28.0 Å². The van der Waals surface area contributed by atoms with E-state index in [1.165, 1.54) is 17.9 Å². The van der Waals surface area contributed by atoms with Gasteiger partial charge in [0.1, 0.15) is 6.54 Å². The molecule has 0 aliphatic carbocycles. The van der Waals surface area contributed by atoms with Gasteiger partial charge in [0.15, 0.2) is 11.6 Å². The van der Waals surface area contributed by atoms with E-state index in [9.17, 15) is 9.18 Å². The zero-order valence-corrected chi connectivity index (χ0v) is 13.8. The van der Waals surface area contributed by atoms with Crippen LogP contribution >= 0.6 is 0 Å². The Kier molecular flexibility index (Phi) is 3.72. The molecule has 0 bridgehead atoms. The molecule has 7 nitrogen and oxygen atoms in total. The number of nitrogens with one attached hydrogen (secondary N) is 2. The highest BCUT2D eigenvalue weighted by Crippen LogP contribution is 2.34.